The summed E-state index contributed by atoms with van der Waals surface area (Å²) in [7, 11) is 1.78. The van der Waals surface area contributed by atoms with E-state index in [1.165, 1.54) is 0 Å². The molecular formula is C9H11ClN2. The monoisotopic (exact) mass is 182 g/mol. The fourth-order valence-corrected chi connectivity index (χ4v) is 1.05. The second-order valence-electron chi connectivity index (χ2n) is 2.43. The van der Waals surface area contributed by atoms with Crippen LogP contribution in [0.3, 0.4) is 0 Å². The van der Waals surface area contributed by atoms with E-state index in [0.717, 1.165) is 16.3 Å². The number of hydrogen-bond donors (Lipinski definition) is 1. The van der Waals surface area contributed by atoms with Crippen molar-refractivity contribution in [3.8, 4) is 0 Å². The average Bonchev–Trinajstić information content (AvgIpc) is 2.06. The van der Waals surface area contributed by atoms with Crippen molar-refractivity contribution in [2.75, 3.05) is 7.05 Å². The van der Waals surface area contributed by atoms with Gasteiger partial charge in [0, 0.05) is 12.1 Å². The lowest BCUT2D eigenvalue weighted by Gasteiger charge is -1.99. The minimum atomic E-state index is 0.746. The Labute approximate surface area is 77.2 Å². The molecule has 3 heteroatoms. The molecule has 0 fully saturated rings. The Balaban J connectivity index is 2.89. The molecule has 64 valence electrons. The van der Waals surface area contributed by atoms with Crippen LogP contribution in [0.5, 0.6) is 0 Å². The minimum Gasteiger partial charge on any atom is -0.313 e. The Hall–Kier alpha value is -1.02. The van der Waals surface area contributed by atoms with Crippen molar-refractivity contribution in [3.63, 3.8) is 0 Å². The molecule has 0 radical (unpaired) electrons. The van der Waals surface area contributed by atoms with Crippen LogP contribution in [0.4, 0.5) is 0 Å². The largest absolute Gasteiger partial charge is 0.313 e. The zero-order valence-corrected chi connectivity index (χ0v) is 7.89. The Bertz CT molecular complexity index is 277. The van der Waals surface area contributed by atoms with Gasteiger partial charge in [0.05, 0.1) is 5.71 Å². The van der Waals surface area contributed by atoms with E-state index in [4.69, 9.17) is 11.6 Å². The predicted octanol–water partition coefficient (Wildman–Crippen LogP) is 2.28. The third-order valence-electron chi connectivity index (χ3n) is 1.54. The summed E-state index contributed by atoms with van der Waals surface area (Å²) in [4.78, 5) is 0. The average molecular weight is 183 g/mol. The molecule has 0 heterocycles. The molecule has 0 atom stereocenters. The van der Waals surface area contributed by atoms with Gasteiger partial charge >= 0.3 is 0 Å². The van der Waals surface area contributed by atoms with E-state index in [-0.39, 0.29) is 0 Å². The van der Waals surface area contributed by atoms with Gasteiger partial charge in [0.2, 0.25) is 0 Å². The third kappa shape index (κ3) is 2.24. The highest BCUT2D eigenvalue weighted by atomic mass is 35.5. The minimum absolute atomic E-state index is 0.746. The number of nitrogens with zero attached hydrogens (tertiary/aromatic N) is 1. The maximum Gasteiger partial charge on any atom is 0.0644 e. The van der Waals surface area contributed by atoms with Crippen LogP contribution in [-0.4, -0.2) is 12.8 Å². The van der Waals surface area contributed by atoms with E-state index in [1.807, 2.05) is 31.2 Å². The molecule has 1 aromatic rings. The summed E-state index contributed by atoms with van der Waals surface area (Å²) < 4.78 is 0. The molecule has 0 spiro atoms. The number of benzene rings is 1. The van der Waals surface area contributed by atoms with Gasteiger partial charge in [-0.05, 0) is 24.6 Å². The SMILES string of the molecule is CN/N=C(/C)c1ccc(Cl)cc1. The van der Waals surface area contributed by atoms with E-state index in [1.54, 1.807) is 7.05 Å². The summed E-state index contributed by atoms with van der Waals surface area (Å²) in [5, 5.41) is 4.79. The van der Waals surface area contributed by atoms with Crippen molar-refractivity contribution < 1.29 is 0 Å². The maximum atomic E-state index is 5.74. The first-order chi connectivity index (χ1) is 5.74. The lowest BCUT2D eigenvalue weighted by Crippen LogP contribution is -2.02. The summed E-state index contributed by atoms with van der Waals surface area (Å²) in [6.07, 6.45) is 0. The molecule has 0 aliphatic heterocycles. The summed E-state index contributed by atoms with van der Waals surface area (Å²) in [5.74, 6) is 0. The zero-order chi connectivity index (χ0) is 8.97. The van der Waals surface area contributed by atoms with Crippen molar-refractivity contribution in [1.29, 1.82) is 0 Å². The molecule has 1 N–H and O–H groups in total. The van der Waals surface area contributed by atoms with Crippen molar-refractivity contribution in [2.24, 2.45) is 5.10 Å². The molecule has 12 heavy (non-hydrogen) atoms. The van der Waals surface area contributed by atoms with E-state index in [0.29, 0.717) is 0 Å². The Morgan fingerprint density at radius 1 is 1.33 bits per heavy atom. The van der Waals surface area contributed by atoms with Gasteiger partial charge in [0.15, 0.2) is 0 Å². The number of nitrogens with one attached hydrogen (secondary N) is 1. The van der Waals surface area contributed by atoms with Gasteiger partial charge in [-0.2, -0.15) is 5.10 Å². The van der Waals surface area contributed by atoms with Gasteiger partial charge in [-0.3, -0.25) is 0 Å². The smallest absolute Gasteiger partial charge is 0.0644 e. The fourth-order valence-electron chi connectivity index (χ4n) is 0.923. The molecule has 0 unspecified atom stereocenters. The first-order valence-electron chi connectivity index (χ1n) is 3.71. The van der Waals surface area contributed by atoms with Crippen molar-refractivity contribution in [2.45, 2.75) is 6.92 Å². The quantitative estimate of drug-likeness (QED) is 0.551. The highest BCUT2D eigenvalue weighted by molar-refractivity contribution is 6.30. The van der Waals surface area contributed by atoms with E-state index >= 15 is 0 Å². The Morgan fingerprint density at radius 3 is 2.42 bits per heavy atom. The number of hydrogen-bond acceptors (Lipinski definition) is 2. The molecule has 0 saturated carbocycles. The van der Waals surface area contributed by atoms with Gasteiger partial charge in [0.1, 0.15) is 0 Å². The van der Waals surface area contributed by atoms with Crippen LogP contribution in [0.15, 0.2) is 29.4 Å². The molecule has 0 saturated heterocycles. The standard InChI is InChI=1S/C9H11ClN2/c1-7(12-11-2)8-3-5-9(10)6-4-8/h3-6,11H,1-2H3/b12-7-. The molecule has 2 nitrogen and oxygen atoms in total. The highest BCUT2D eigenvalue weighted by Gasteiger charge is 1.95. The van der Waals surface area contributed by atoms with Crippen LogP contribution in [0.25, 0.3) is 0 Å². The topological polar surface area (TPSA) is 24.4 Å². The summed E-state index contributed by atoms with van der Waals surface area (Å²) >= 11 is 5.74. The van der Waals surface area contributed by atoms with Crippen molar-refractivity contribution in [1.82, 2.24) is 5.43 Å². The van der Waals surface area contributed by atoms with Crippen LogP contribution >= 0.6 is 11.6 Å². The first kappa shape index (κ1) is 9.07. The molecule has 0 aliphatic rings. The molecule has 0 aromatic heterocycles. The third-order valence-corrected chi connectivity index (χ3v) is 1.79. The normalized spacial score (nSPS) is 11.4. The number of halogens is 1. The first-order valence-corrected chi connectivity index (χ1v) is 4.09. The second kappa shape index (κ2) is 4.12. The molecule has 1 aromatic carbocycles. The predicted molar refractivity (Wildman–Crippen MR) is 52.7 cm³/mol. The number of hydrazone groups is 1. The van der Waals surface area contributed by atoms with Crippen LogP contribution in [0.1, 0.15) is 12.5 Å². The molecular weight excluding hydrogens is 172 g/mol. The van der Waals surface area contributed by atoms with Crippen molar-refractivity contribution in [3.05, 3.63) is 34.9 Å². The Morgan fingerprint density at radius 2 is 1.92 bits per heavy atom. The van der Waals surface area contributed by atoms with Gasteiger partial charge < -0.3 is 5.43 Å². The van der Waals surface area contributed by atoms with Crippen LogP contribution in [0, 0.1) is 0 Å². The van der Waals surface area contributed by atoms with E-state index in [2.05, 4.69) is 10.5 Å². The highest BCUT2D eigenvalue weighted by Crippen LogP contribution is 2.09. The van der Waals surface area contributed by atoms with Crippen LogP contribution in [-0.2, 0) is 0 Å². The van der Waals surface area contributed by atoms with Gasteiger partial charge in [-0.25, -0.2) is 0 Å². The van der Waals surface area contributed by atoms with Gasteiger partial charge in [-0.1, -0.05) is 23.7 Å². The van der Waals surface area contributed by atoms with Crippen LogP contribution in [0.2, 0.25) is 5.02 Å². The Kier molecular flexibility index (Phi) is 3.11. The zero-order valence-electron chi connectivity index (χ0n) is 7.13. The molecule has 0 aliphatic carbocycles. The fraction of sp³-hybridized carbons (Fsp3) is 0.222. The molecule has 1 rings (SSSR count). The van der Waals surface area contributed by atoms with E-state index in [9.17, 15) is 0 Å². The summed E-state index contributed by atoms with van der Waals surface area (Å²) in [6, 6.07) is 7.59. The van der Waals surface area contributed by atoms with Gasteiger partial charge in [0.25, 0.3) is 0 Å². The molecule has 0 bridgehead atoms. The second-order valence-corrected chi connectivity index (χ2v) is 2.86. The maximum absolute atomic E-state index is 5.74. The lowest BCUT2D eigenvalue weighted by molar-refractivity contribution is 0.900. The van der Waals surface area contributed by atoms with Crippen LogP contribution < -0.4 is 5.43 Å². The summed E-state index contributed by atoms with van der Waals surface area (Å²) in [5.41, 5.74) is 4.77. The molecule has 0 amide bonds. The number of rotatable bonds is 2. The summed E-state index contributed by atoms with van der Waals surface area (Å²) in [6.45, 7) is 1.94. The van der Waals surface area contributed by atoms with E-state index < -0.39 is 0 Å². The lowest BCUT2D eigenvalue weighted by atomic mass is 10.1. The van der Waals surface area contributed by atoms with Crippen molar-refractivity contribution >= 4 is 17.3 Å². The van der Waals surface area contributed by atoms with Gasteiger partial charge in [-0.15, -0.1) is 0 Å².